The molecule has 0 amide bonds. The van der Waals surface area contributed by atoms with Crippen molar-refractivity contribution in [3.8, 4) is 17.1 Å². The van der Waals surface area contributed by atoms with E-state index in [-0.39, 0.29) is 28.2 Å². The second kappa shape index (κ2) is 10.00. The van der Waals surface area contributed by atoms with Crippen LogP contribution in [-0.2, 0) is 19.5 Å². The Kier molecular flexibility index (Phi) is 7.20. The quantitative estimate of drug-likeness (QED) is 0.318. The molecule has 8 nitrogen and oxygen atoms in total. The highest BCUT2D eigenvalue weighted by Crippen LogP contribution is 2.28. The third-order valence-electron chi connectivity index (χ3n) is 5.01. The first-order chi connectivity index (χ1) is 16.6. The SMILES string of the molecule is CCc1nc(Cn2nc(-c3ccc(Cl)cc3)n(CCC(F)(F)F)c2=O)nn1-c1c(Cl)cncc1Cl. The van der Waals surface area contributed by atoms with Crippen LogP contribution in [0.2, 0.25) is 15.1 Å². The highest BCUT2D eigenvalue weighted by molar-refractivity contribution is 6.37. The Morgan fingerprint density at radius 1 is 1.00 bits per heavy atom. The van der Waals surface area contributed by atoms with Gasteiger partial charge in [0.25, 0.3) is 0 Å². The first-order valence-corrected chi connectivity index (χ1v) is 11.4. The second-order valence-electron chi connectivity index (χ2n) is 7.45. The molecule has 0 aliphatic carbocycles. The van der Waals surface area contributed by atoms with Gasteiger partial charge in [-0.1, -0.05) is 41.7 Å². The lowest BCUT2D eigenvalue weighted by atomic mass is 10.2. The minimum absolute atomic E-state index is 0.0753. The zero-order valence-corrected chi connectivity index (χ0v) is 20.4. The van der Waals surface area contributed by atoms with E-state index in [2.05, 4.69) is 20.2 Å². The number of nitrogens with zero attached hydrogens (tertiary/aromatic N) is 7. The second-order valence-corrected chi connectivity index (χ2v) is 8.70. The van der Waals surface area contributed by atoms with E-state index in [4.69, 9.17) is 34.8 Å². The van der Waals surface area contributed by atoms with E-state index in [0.29, 0.717) is 28.5 Å². The Balaban J connectivity index is 1.75. The van der Waals surface area contributed by atoms with E-state index < -0.39 is 24.8 Å². The van der Waals surface area contributed by atoms with Crippen molar-refractivity contribution < 1.29 is 13.2 Å². The lowest BCUT2D eigenvalue weighted by Gasteiger charge is -2.08. The number of aryl methyl sites for hydroxylation is 1. The highest BCUT2D eigenvalue weighted by atomic mass is 35.5. The molecule has 0 spiro atoms. The molecule has 184 valence electrons. The molecule has 0 saturated carbocycles. The van der Waals surface area contributed by atoms with Gasteiger partial charge in [-0.15, -0.1) is 10.2 Å². The summed E-state index contributed by atoms with van der Waals surface area (Å²) < 4.78 is 42.2. The van der Waals surface area contributed by atoms with Crippen LogP contribution < -0.4 is 5.69 Å². The van der Waals surface area contributed by atoms with Gasteiger partial charge in [0.05, 0.1) is 16.5 Å². The van der Waals surface area contributed by atoms with Gasteiger partial charge in [0.1, 0.15) is 18.1 Å². The summed E-state index contributed by atoms with van der Waals surface area (Å²) in [6.07, 6.45) is -2.35. The van der Waals surface area contributed by atoms with Crippen LogP contribution in [0.15, 0.2) is 41.5 Å². The summed E-state index contributed by atoms with van der Waals surface area (Å²) in [7, 11) is 0. The molecule has 0 fully saturated rings. The average molecular weight is 547 g/mol. The molecular formula is C21H17Cl3F3N7O. The van der Waals surface area contributed by atoms with E-state index in [1.165, 1.54) is 17.1 Å². The Morgan fingerprint density at radius 2 is 1.66 bits per heavy atom. The highest BCUT2D eigenvalue weighted by Gasteiger charge is 2.29. The number of benzene rings is 1. The summed E-state index contributed by atoms with van der Waals surface area (Å²) in [5.41, 5.74) is 0.0907. The molecule has 0 atom stereocenters. The maximum Gasteiger partial charge on any atom is 0.390 e. The van der Waals surface area contributed by atoms with Gasteiger partial charge in [-0.3, -0.25) is 9.55 Å². The van der Waals surface area contributed by atoms with Gasteiger partial charge in [-0.25, -0.2) is 19.1 Å². The van der Waals surface area contributed by atoms with Crippen molar-refractivity contribution in [2.75, 3.05) is 0 Å². The minimum Gasteiger partial charge on any atom is -0.275 e. The van der Waals surface area contributed by atoms with Crippen LogP contribution >= 0.6 is 34.8 Å². The molecule has 4 rings (SSSR count). The molecule has 0 radical (unpaired) electrons. The largest absolute Gasteiger partial charge is 0.390 e. The maximum absolute atomic E-state index is 13.0. The first kappa shape index (κ1) is 25.2. The van der Waals surface area contributed by atoms with Gasteiger partial charge < -0.3 is 0 Å². The molecule has 1 aromatic carbocycles. The first-order valence-electron chi connectivity index (χ1n) is 10.3. The fourth-order valence-corrected chi connectivity index (χ4v) is 4.05. The molecule has 0 N–H and O–H groups in total. The van der Waals surface area contributed by atoms with Gasteiger partial charge >= 0.3 is 11.9 Å². The molecule has 3 heterocycles. The van der Waals surface area contributed by atoms with Crippen molar-refractivity contribution in [2.45, 2.75) is 39.0 Å². The molecule has 4 aromatic rings. The molecule has 0 unspecified atom stereocenters. The summed E-state index contributed by atoms with van der Waals surface area (Å²) in [6, 6.07) is 6.28. The van der Waals surface area contributed by atoms with Gasteiger partial charge in [0.2, 0.25) is 0 Å². The molecule has 0 aliphatic heterocycles. The van der Waals surface area contributed by atoms with Gasteiger partial charge in [0.15, 0.2) is 11.6 Å². The van der Waals surface area contributed by atoms with Crippen LogP contribution in [0.25, 0.3) is 17.1 Å². The van der Waals surface area contributed by atoms with E-state index >= 15 is 0 Å². The Hall–Kier alpha value is -2.89. The van der Waals surface area contributed by atoms with Crippen molar-refractivity contribution in [3.05, 3.63) is 73.9 Å². The summed E-state index contributed by atoms with van der Waals surface area (Å²) in [4.78, 5) is 21.4. The monoisotopic (exact) mass is 545 g/mol. The molecule has 14 heteroatoms. The molecule has 35 heavy (non-hydrogen) atoms. The lowest BCUT2D eigenvalue weighted by molar-refractivity contribution is -0.136. The van der Waals surface area contributed by atoms with Gasteiger partial charge in [-0.05, 0) is 24.3 Å². The van der Waals surface area contributed by atoms with Crippen LogP contribution in [-0.4, -0.2) is 40.3 Å². The zero-order valence-electron chi connectivity index (χ0n) is 18.1. The van der Waals surface area contributed by atoms with E-state index in [1.54, 1.807) is 24.3 Å². The van der Waals surface area contributed by atoms with E-state index in [9.17, 15) is 18.0 Å². The number of halogens is 6. The van der Waals surface area contributed by atoms with Crippen LogP contribution in [0.4, 0.5) is 13.2 Å². The number of hydrogen-bond donors (Lipinski definition) is 0. The standard InChI is InChI=1S/C21H17Cl3F3N7O/c1-2-17-29-16(30-34(17)18-14(23)9-28-10-15(18)24)11-33-20(35)32(8-7-21(25,26)27)19(31-33)12-3-5-13(22)6-4-12/h3-6,9-10H,2,7-8,11H2,1H3. The van der Waals surface area contributed by atoms with Crippen LogP contribution in [0.3, 0.4) is 0 Å². The van der Waals surface area contributed by atoms with Crippen LogP contribution in [0.5, 0.6) is 0 Å². The van der Waals surface area contributed by atoms with Crippen molar-refractivity contribution in [1.29, 1.82) is 0 Å². The maximum atomic E-state index is 13.0. The molecular weight excluding hydrogens is 530 g/mol. The molecule has 0 aliphatic rings. The van der Waals surface area contributed by atoms with Crippen molar-refractivity contribution >= 4 is 34.8 Å². The van der Waals surface area contributed by atoms with Crippen molar-refractivity contribution in [3.63, 3.8) is 0 Å². The minimum atomic E-state index is -4.45. The number of pyridine rings is 1. The fraction of sp³-hybridized carbons (Fsp3) is 0.286. The predicted molar refractivity (Wildman–Crippen MR) is 125 cm³/mol. The third kappa shape index (κ3) is 5.52. The summed E-state index contributed by atoms with van der Waals surface area (Å²) in [5, 5.41) is 9.65. The molecule has 0 bridgehead atoms. The predicted octanol–water partition coefficient (Wildman–Crippen LogP) is 5.21. The Labute approximate surface area is 211 Å². The molecule has 3 aromatic heterocycles. The normalized spacial score (nSPS) is 11.9. The number of alkyl halides is 3. The van der Waals surface area contributed by atoms with E-state index in [0.717, 1.165) is 9.25 Å². The third-order valence-corrected chi connectivity index (χ3v) is 5.81. The summed E-state index contributed by atoms with van der Waals surface area (Å²) in [6.45, 7) is 1.08. The smallest absolute Gasteiger partial charge is 0.275 e. The Bertz CT molecular complexity index is 1390. The van der Waals surface area contributed by atoms with Crippen molar-refractivity contribution in [1.82, 2.24) is 34.1 Å². The van der Waals surface area contributed by atoms with Gasteiger partial charge in [0, 0.05) is 35.9 Å². The molecule has 0 saturated heterocycles. The topological polar surface area (TPSA) is 83.4 Å². The van der Waals surface area contributed by atoms with Crippen LogP contribution in [0, 0.1) is 0 Å². The summed E-state index contributed by atoms with van der Waals surface area (Å²) >= 11 is 18.4. The van der Waals surface area contributed by atoms with Crippen molar-refractivity contribution in [2.24, 2.45) is 0 Å². The number of aromatic nitrogens is 7. The number of hydrogen-bond acceptors (Lipinski definition) is 5. The summed E-state index contributed by atoms with van der Waals surface area (Å²) in [5.74, 6) is 0.791. The number of rotatable bonds is 7. The fourth-order valence-electron chi connectivity index (χ4n) is 3.40. The average Bonchev–Trinajstić information content (AvgIpc) is 3.33. The Morgan fingerprint density at radius 3 is 2.26 bits per heavy atom. The van der Waals surface area contributed by atoms with Gasteiger partial charge in [-0.2, -0.15) is 13.2 Å². The lowest BCUT2D eigenvalue weighted by Crippen LogP contribution is -2.27. The van der Waals surface area contributed by atoms with E-state index in [1.807, 2.05) is 6.92 Å². The van der Waals surface area contributed by atoms with Crippen LogP contribution in [0.1, 0.15) is 25.0 Å². The zero-order chi connectivity index (χ0) is 25.3.